The normalized spacial score (nSPS) is 12.4. The van der Waals surface area contributed by atoms with E-state index in [4.69, 9.17) is 0 Å². The van der Waals surface area contributed by atoms with Gasteiger partial charge in [-0.05, 0) is 12.8 Å². The molecule has 0 radical (unpaired) electrons. The first-order chi connectivity index (χ1) is 12.4. The highest BCUT2D eigenvalue weighted by molar-refractivity contribution is 5.17. The van der Waals surface area contributed by atoms with E-state index in [2.05, 4.69) is 37.8 Å². The summed E-state index contributed by atoms with van der Waals surface area (Å²) >= 11 is 0. The molecule has 0 heterocycles. The Hall–Kier alpha value is -1.30. The molecule has 0 amide bonds. The van der Waals surface area contributed by atoms with Gasteiger partial charge in [0.15, 0.2) is 0 Å². The fraction of sp³-hybridized carbons (Fsp3) is 0.600. The van der Waals surface area contributed by atoms with Crippen LogP contribution in [0, 0.1) is 0 Å². The SMILES string of the molecule is C=C/C=C/C=C/C=C/C=C/CCCCCCCCCCCCCCC. The van der Waals surface area contributed by atoms with Crippen molar-refractivity contribution in [1.29, 1.82) is 0 Å². The van der Waals surface area contributed by atoms with Crippen LogP contribution in [-0.2, 0) is 0 Å². The lowest BCUT2D eigenvalue weighted by molar-refractivity contribution is 0.540. The van der Waals surface area contributed by atoms with E-state index in [1.807, 2.05) is 24.3 Å². The Morgan fingerprint density at radius 2 is 0.880 bits per heavy atom. The molecule has 0 aromatic heterocycles. The summed E-state index contributed by atoms with van der Waals surface area (Å²) in [5, 5.41) is 0. The van der Waals surface area contributed by atoms with Crippen molar-refractivity contribution in [3.05, 3.63) is 61.3 Å². The molecule has 142 valence electrons. The third kappa shape index (κ3) is 22.7. The highest BCUT2D eigenvalue weighted by Crippen LogP contribution is 2.12. The lowest BCUT2D eigenvalue weighted by Gasteiger charge is -2.02. The summed E-state index contributed by atoms with van der Waals surface area (Å²) in [5.74, 6) is 0. The zero-order valence-electron chi connectivity index (χ0n) is 16.8. The van der Waals surface area contributed by atoms with E-state index in [-0.39, 0.29) is 0 Å². The third-order valence-corrected chi connectivity index (χ3v) is 4.41. The van der Waals surface area contributed by atoms with Gasteiger partial charge in [0.25, 0.3) is 0 Å². The van der Waals surface area contributed by atoms with Crippen LogP contribution < -0.4 is 0 Å². The Labute approximate surface area is 158 Å². The fourth-order valence-electron chi connectivity index (χ4n) is 2.85. The zero-order chi connectivity index (χ0) is 18.3. The topological polar surface area (TPSA) is 0 Å². The van der Waals surface area contributed by atoms with Gasteiger partial charge in [-0.25, -0.2) is 0 Å². The van der Waals surface area contributed by atoms with Crippen molar-refractivity contribution in [3.63, 3.8) is 0 Å². The largest absolute Gasteiger partial charge is 0.0991 e. The molecule has 0 aliphatic carbocycles. The van der Waals surface area contributed by atoms with E-state index in [9.17, 15) is 0 Å². The summed E-state index contributed by atoms with van der Waals surface area (Å²) in [4.78, 5) is 0. The van der Waals surface area contributed by atoms with Gasteiger partial charge in [-0.3, -0.25) is 0 Å². The Morgan fingerprint density at radius 1 is 0.480 bits per heavy atom. The molecule has 0 atom stereocenters. The minimum absolute atomic E-state index is 1.21. The summed E-state index contributed by atoms with van der Waals surface area (Å²) in [6, 6.07) is 0. The zero-order valence-corrected chi connectivity index (χ0v) is 16.8. The van der Waals surface area contributed by atoms with Crippen molar-refractivity contribution >= 4 is 0 Å². The van der Waals surface area contributed by atoms with Crippen LogP contribution >= 0.6 is 0 Å². The first kappa shape index (κ1) is 23.7. The van der Waals surface area contributed by atoms with Gasteiger partial charge >= 0.3 is 0 Å². The molecule has 0 saturated heterocycles. The van der Waals surface area contributed by atoms with Gasteiger partial charge < -0.3 is 0 Å². The van der Waals surface area contributed by atoms with Gasteiger partial charge in [-0.1, -0.05) is 145 Å². The maximum atomic E-state index is 3.63. The highest BCUT2D eigenvalue weighted by atomic mass is 14.0. The Kier molecular flexibility index (Phi) is 21.5. The van der Waals surface area contributed by atoms with Crippen molar-refractivity contribution < 1.29 is 0 Å². The highest BCUT2D eigenvalue weighted by Gasteiger charge is 1.93. The van der Waals surface area contributed by atoms with E-state index in [1.54, 1.807) is 6.08 Å². The molecule has 0 N–H and O–H groups in total. The second-order valence-electron chi connectivity index (χ2n) is 6.85. The average molecular weight is 343 g/mol. The van der Waals surface area contributed by atoms with E-state index in [0.717, 1.165) is 0 Å². The van der Waals surface area contributed by atoms with Crippen LogP contribution in [0.2, 0.25) is 0 Å². The predicted molar refractivity (Wildman–Crippen MR) is 117 cm³/mol. The van der Waals surface area contributed by atoms with Crippen LogP contribution in [0.4, 0.5) is 0 Å². The van der Waals surface area contributed by atoms with Crippen molar-refractivity contribution in [2.24, 2.45) is 0 Å². The second kappa shape index (κ2) is 22.7. The molecule has 0 aromatic rings. The first-order valence-corrected chi connectivity index (χ1v) is 10.7. The molecule has 0 aliphatic rings. The Morgan fingerprint density at radius 3 is 1.36 bits per heavy atom. The van der Waals surface area contributed by atoms with Crippen LogP contribution in [0.25, 0.3) is 0 Å². The smallest absolute Gasteiger partial charge is 0.0348 e. The fourth-order valence-corrected chi connectivity index (χ4v) is 2.85. The average Bonchev–Trinajstić information content (AvgIpc) is 2.63. The lowest BCUT2D eigenvalue weighted by atomic mass is 10.0. The Balaban J connectivity index is 3.21. The monoisotopic (exact) mass is 342 g/mol. The minimum atomic E-state index is 1.21. The molecule has 0 saturated carbocycles. The molecule has 0 nitrogen and oxygen atoms in total. The maximum Gasteiger partial charge on any atom is -0.0348 e. The summed E-state index contributed by atoms with van der Waals surface area (Å²) in [6.07, 6.45) is 38.1. The van der Waals surface area contributed by atoms with E-state index in [1.165, 1.54) is 89.9 Å². The molecular weight excluding hydrogens is 300 g/mol. The number of hydrogen-bond acceptors (Lipinski definition) is 0. The molecular formula is C25H42. The van der Waals surface area contributed by atoms with Crippen LogP contribution in [0.5, 0.6) is 0 Å². The van der Waals surface area contributed by atoms with Crippen molar-refractivity contribution in [1.82, 2.24) is 0 Å². The minimum Gasteiger partial charge on any atom is -0.0991 e. The van der Waals surface area contributed by atoms with Gasteiger partial charge in [0.1, 0.15) is 0 Å². The predicted octanol–water partition coefficient (Wildman–Crippen LogP) is 8.88. The molecule has 0 aromatic carbocycles. The molecule has 0 spiro atoms. The van der Waals surface area contributed by atoms with Gasteiger partial charge in [-0.2, -0.15) is 0 Å². The standard InChI is InChI=1S/C25H42/c1-3-5-7-9-11-13-15-17-19-21-23-25-24-22-20-18-16-14-12-10-8-6-4-2/h3,5,7,9,11,13,15,17,19H,1,4,6,8,10,12,14,16,18,20-25H2,2H3/b7-5+,11-9+,15-13+,19-17+. The molecule has 0 heteroatoms. The number of hydrogen-bond donors (Lipinski definition) is 0. The molecule has 0 fully saturated rings. The molecule has 0 rings (SSSR count). The summed E-state index contributed by atoms with van der Waals surface area (Å²) in [7, 11) is 0. The number of rotatable bonds is 18. The van der Waals surface area contributed by atoms with E-state index in [0.29, 0.717) is 0 Å². The first-order valence-electron chi connectivity index (χ1n) is 10.7. The molecule has 25 heavy (non-hydrogen) atoms. The van der Waals surface area contributed by atoms with Crippen molar-refractivity contribution in [2.45, 2.75) is 96.8 Å². The molecule has 0 aliphatic heterocycles. The van der Waals surface area contributed by atoms with Gasteiger partial charge in [0.05, 0.1) is 0 Å². The van der Waals surface area contributed by atoms with Crippen LogP contribution in [0.1, 0.15) is 96.8 Å². The quantitative estimate of drug-likeness (QED) is 0.172. The Bertz CT molecular complexity index is 367. The van der Waals surface area contributed by atoms with Gasteiger partial charge in [0, 0.05) is 0 Å². The van der Waals surface area contributed by atoms with Crippen molar-refractivity contribution in [3.8, 4) is 0 Å². The van der Waals surface area contributed by atoms with Gasteiger partial charge in [-0.15, -0.1) is 0 Å². The van der Waals surface area contributed by atoms with E-state index < -0.39 is 0 Å². The number of allylic oxidation sites excluding steroid dienone is 9. The summed E-state index contributed by atoms with van der Waals surface area (Å²) in [6.45, 7) is 5.92. The number of unbranched alkanes of at least 4 members (excludes halogenated alkanes) is 13. The maximum absolute atomic E-state index is 3.63. The van der Waals surface area contributed by atoms with Crippen molar-refractivity contribution in [2.75, 3.05) is 0 Å². The second-order valence-corrected chi connectivity index (χ2v) is 6.85. The summed E-state index contributed by atoms with van der Waals surface area (Å²) in [5.41, 5.74) is 0. The van der Waals surface area contributed by atoms with Crippen LogP contribution in [-0.4, -0.2) is 0 Å². The van der Waals surface area contributed by atoms with Crippen LogP contribution in [0.3, 0.4) is 0 Å². The molecule has 0 bridgehead atoms. The van der Waals surface area contributed by atoms with Gasteiger partial charge in [0.2, 0.25) is 0 Å². The van der Waals surface area contributed by atoms with Crippen LogP contribution in [0.15, 0.2) is 61.3 Å². The molecule has 0 unspecified atom stereocenters. The summed E-state index contributed by atoms with van der Waals surface area (Å²) < 4.78 is 0. The third-order valence-electron chi connectivity index (χ3n) is 4.41. The lowest BCUT2D eigenvalue weighted by Crippen LogP contribution is -1.82. The van der Waals surface area contributed by atoms with E-state index >= 15 is 0 Å².